The monoisotopic (exact) mass is 200 g/mol. The molecule has 0 rings (SSSR count). The smallest absolute Gasteiger partial charge is 0.0155 e. The standard InChI is InChI=1S/C12H28N2/c1-8-14(7)12(4,5)9-11(2,3)10-13-6/h13H,8-10H2,1-7H3. The molecule has 0 aromatic carbocycles. The summed E-state index contributed by atoms with van der Waals surface area (Å²) < 4.78 is 0. The van der Waals surface area contributed by atoms with Crippen LogP contribution < -0.4 is 5.32 Å². The Kier molecular flexibility index (Phi) is 5.10. The zero-order valence-electron chi connectivity index (χ0n) is 11.1. The van der Waals surface area contributed by atoms with E-state index in [-0.39, 0.29) is 5.54 Å². The molecule has 0 heterocycles. The molecule has 0 unspecified atom stereocenters. The van der Waals surface area contributed by atoms with Gasteiger partial charge in [-0.2, -0.15) is 0 Å². The molecule has 0 spiro atoms. The predicted octanol–water partition coefficient (Wildman–Crippen LogP) is 2.35. The SMILES string of the molecule is CCN(C)C(C)(C)CC(C)(C)CNC. The molecule has 0 amide bonds. The molecule has 0 aliphatic heterocycles. The molecule has 0 aromatic heterocycles. The lowest BCUT2D eigenvalue weighted by molar-refractivity contribution is 0.102. The fourth-order valence-electron chi connectivity index (χ4n) is 2.28. The van der Waals surface area contributed by atoms with E-state index in [2.05, 4.69) is 51.9 Å². The predicted molar refractivity (Wildman–Crippen MR) is 64.7 cm³/mol. The van der Waals surface area contributed by atoms with Crippen molar-refractivity contribution in [1.29, 1.82) is 0 Å². The van der Waals surface area contributed by atoms with Crippen molar-refractivity contribution in [3.8, 4) is 0 Å². The van der Waals surface area contributed by atoms with Crippen LogP contribution >= 0.6 is 0 Å². The van der Waals surface area contributed by atoms with Gasteiger partial charge in [-0.15, -0.1) is 0 Å². The maximum absolute atomic E-state index is 3.27. The van der Waals surface area contributed by atoms with Gasteiger partial charge >= 0.3 is 0 Å². The van der Waals surface area contributed by atoms with Gasteiger partial charge in [0.05, 0.1) is 0 Å². The van der Waals surface area contributed by atoms with Gasteiger partial charge in [-0.3, -0.25) is 0 Å². The third kappa shape index (κ3) is 4.43. The number of nitrogens with one attached hydrogen (secondary N) is 1. The van der Waals surface area contributed by atoms with E-state index in [1.807, 2.05) is 7.05 Å². The van der Waals surface area contributed by atoms with Crippen LogP contribution in [-0.2, 0) is 0 Å². The third-order valence-electron chi connectivity index (χ3n) is 3.07. The minimum atomic E-state index is 0.287. The first-order valence-corrected chi connectivity index (χ1v) is 5.61. The second-order valence-electron chi connectivity index (χ2n) is 5.70. The van der Waals surface area contributed by atoms with Gasteiger partial charge in [0.2, 0.25) is 0 Å². The number of hydrogen-bond donors (Lipinski definition) is 1. The van der Waals surface area contributed by atoms with Crippen LogP contribution in [0.4, 0.5) is 0 Å². The summed E-state index contributed by atoms with van der Waals surface area (Å²) in [5.74, 6) is 0. The first-order valence-electron chi connectivity index (χ1n) is 5.61. The zero-order chi connectivity index (χ0) is 11.4. The van der Waals surface area contributed by atoms with E-state index < -0.39 is 0 Å². The van der Waals surface area contributed by atoms with Gasteiger partial charge in [-0.05, 0) is 46.3 Å². The molecule has 0 fully saturated rings. The van der Waals surface area contributed by atoms with Gasteiger partial charge in [-0.25, -0.2) is 0 Å². The van der Waals surface area contributed by atoms with Crippen LogP contribution in [0, 0.1) is 5.41 Å². The van der Waals surface area contributed by atoms with Crippen molar-refractivity contribution in [2.45, 2.75) is 46.6 Å². The molecule has 0 bridgehead atoms. The fraction of sp³-hybridized carbons (Fsp3) is 1.00. The summed E-state index contributed by atoms with van der Waals surface area (Å²) in [4.78, 5) is 2.42. The highest BCUT2D eigenvalue weighted by atomic mass is 15.2. The van der Waals surface area contributed by atoms with Crippen LogP contribution in [-0.4, -0.2) is 37.6 Å². The van der Waals surface area contributed by atoms with Gasteiger partial charge in [0, 0.05) is 12.1 Å². The highest BCUT2D eigenvalue weighted by molar-refractivity contribution is 4.86. The first kappa shape index (κ1) is 13.9. The molecule has 0 aliphatic rings. The zero-order valence-corrected chi connectivity index (χ0v) is 11.1. The Morgan fingerprint density at radius 2 is 1.64 bits per heavy atom. The average molecular weight is 200 g/mol. The second kappa shape index (κ2) is 5.13. The maximum Gasteiger partial charge on any atom is 0.0155 e. The van der Waals surface area contributed by atoms with Crippen molar-refractivity contribution in [1.82, 2.24) is 10.2 Å². The van der Waals surface area contributed by atoms with Crippen LogP contribution in [0.1, 0.15) is 41.0 Å². The summed E-state index contributed by atoms with van der Waals surface area (Å²) in [5.41, 5.74) is 0.650. The van der Waals surface area contributed by atoms with Gasteiger partial charge < -0.3 is 10.2 Å². The lowest BCUT2D eigenvalue weighted by Crippen LogP contribution is -2.46. The molecule has 0 aliphatic carbocycles. The van der Waals surface area contributed by atoms with E-state index in [9.17, 15) is 0 Å². The van der Waals surface area contributed by atoms with Crippen LogP contribution in [0.5, 0.6) is 0 Å². The lowest BCUT2D eigenvalue weighted by atomic mass is 9.79. The molecule has 14 heavy (non-hydrogen) atoms. The van der Waals surface area contributed by atoms with Crippen LogP contribution in [0.15, 0.2) is 0 Å². The van der Waals surface area contributed by atoms with Crippen LogP contribution in [0.25, 0.3) is 0 Å². The molecule has 0 aromatic rings. The summed E-state index contributed by atoms with van der Waals surface area (Å²) in [7, 11) is 4.23. The minimum Gasteiger partial charge on any atom is -0.319 e. The molecular formula is C12H28N2. The normalized spacial score (nSPS) is 13.7. The number of hydrogen-bond acceptors (Lipinski definition) is 2. The molecule has 0 saturated carbocycles. The van der Waals surface area contributed by atoms with Gasteiger partial charge in [-0.1, -0.05) is 20.8 Å². The minimum absolute atomic E-state index is 0.287. The summed E-state index contributed by atoms with van der Waals surface area (Å²) in [6.07, 6.45) is 1.21. The molecule has 1 N–H and O–H groups in total. The Morgan fingerprint density at radius 1 is 1.14 bits per heavy atom. The highest BCUT2D eigenvalue weighted by Crippen LogP contribution is 2.30. The van der Waals surface area contributed by atoms with Crippen LogP contribution in [0.3, 0.4) is 0 Å². The summed E-state index contributed by atoms with van der Waals surface area (Å²) >= 11 is 0. The Hall–Kier alpha value is -0.0800. The quantitative estimate of drug-likeness (QED) is 0.708. The molecule has 2 nitrogen and oxygen atoms in total. The van der Waals surface area contributed by atoms with Crippen molar-refractivity contribution >= 4 is 0 Å². The Morgan fingerprint density at radius 3 is 2.00 bits per heavy atom. The van der Waals surface area contributed by atoms with Crippen molar-refractivity contribution in [2.75, 3.05) is 27.2 Å². The third-order valence-corrected chi connectivity index (χ3v) is 3.07. The largest absolute Gasteiger partial charge is 0.319 e. The number of nitrogens with zero attached hydrogens (tertiary/aromatic N) is 1. The second-order valence-corrected chi connectivity index (χ2v) is 5.70. The molecule has 0 radical (unpaired) electrons. The van der Waals surface area contributed by atoms with Gasteiger partial charge in [0.25, 0.3) is 0 Å². The topological polar surface area (TPSA) is 15.3 Å². The molecule has 2 heteroatoms. The Bertz CT molecular complexity index is 162. The summed E-state index contributed by atoms with van der Waals surface area (Å²) in [6, 6.07) is 0. The van der Waals surface area contributed by atoms with E-state index in [0.29, 0.717) is 5.41 Å². The Balaban J connectivity index is 4.33. The lowest BCUT2D eigenvalue weighted by Gasteiger charge is -2.41. The van der Waals surface area contributed by atoms with E-state index in [4.69, 9.17) is 0 Å². The molecular weight excluding hydrogens is 172 g/mol. The van der Waals surface area contributed by atoms with Gasteiger partial charge in [0.1, 0.15) is 0 Å². The molecule has 0 atom stereocenters. The highest BCUT2D eigenvalue weighted by Gasteiger charge is 2.30. The van der Waals surface area contributed by atoms with Crippen molar-refractivity contribution in [3.63, 3.8) is 0 Å². The summed E-state index contributed by atoms with van der Waals surface area (Å²) in [5, 5.41) is 3.27. The van der Waals surface area contributed by atoms with E-state index in [0.717, 1.165) is 13.1 Å². The van der Waals surface area contributed by atoms with Crippen molar-refractivity contribution < 1.29 is 0 Å². The average Bonchev–Trinajstić information content (AvgIpc) is 2.00. The van der Waals surface area contributed by atoms with Gasteiger partial charge in [0.15, 0.2) is 0 Å². The van der Waals surface area contributed by atoms with E-state index in [1.54, 1.807) is 0 Å². The molecule has 86 valence electrons. The first-order chi connectivity index (χ1) is 6.25. The molecule has 0 saturated heterocycles. The van der Waals surface area contributed by atoms with E-state index in [1.165, 1.54) is 6.42 Å². The fourth-order valence-corrected chi connectivity index (χ4v) is 2.28. The van der Waals surface area contributed by atoms with Crippen molar-refractivity contribution in [3.05, 3.63) is 0 Å². The van der Waals surface area contributed by atoms with Crippen molar-refractivity contribution in [2.24, 2.45) is 5.41 Å². The Labute approximate surface area is 90.1 Å². The van der Waals surface area contributed by atoms with Crippen LogP contribution in [0.2, 0.25) is 0 Å². The number of rotatable bonds is 6. The maximum atomic E-state index is 3.27. The summed E-state index contributed by atoms with van der Waals surface area (Å²) in [6.45, 7) is 13.7. The van der Waals surface area contributed by atoms with E-state index >= 15 is 0 Å².